The lowest BCUT2D eigenvalue weighted by atomic mass is 10.2. The maximum absolute atomic E-state index is 13.1. The fraction of sp³-hybridized carbons (Fsp3) is 0.0909. The molecule has 0 radical (unpaired) electrons. The molecule has 0 fully saturated rings. The smallest absolute Gasteiger partial charge is 0.384 e. The Balaban J connectivity index is 2.32. The van der Waals surface area contributed by atoms with Gasteiger partial charge in [-0.15, -0.1) is 0 Å². The second kappa shape index (κ2) is 4.71. The Morgan fingerprint density at radius 3 is 2.47 bits per heavy atom. The van der Waals surface area contributed by atoms with Crippen molar-refractivity contribution < 1.29 is 17.6 Å². The number of hydrogen-bond acceptors (Lipinski definition) is 4. The van der Waals surface area contributed by atoms with E-state index in [9.17, 15) is 17.6 Å². The van der Waals surface area contributed by atoms with Gasteiger partial charge in [0.05, 0.1) is 5.56 Å². The van der Waals surface area contributed by atoms with E-state index in [4.69, 9.17) is 5.73 Å². The van der Waals surface area contributed by atoms with E-state index in [-0.39, 0.29) is 17.3 Å². The number of alkyl halides is 3. The second-order valence-corrected chi connectivity index (χ2v) is 3.65. The first-order chi connectivity index (χ1) is 8.86. The van der Waals surface area contributed by atoms with E-state index in [2.05, 4.69) is 15.3 Å². The summed E-state index contributed by atoms with van der Waals surface area (Å²) >= 11 is 0. The Bertz CT molecular complexity index is 597. The van der Waals surface area contributed by atoms with E-state index < -0.39 is 17.6 Å². The van der Waals surface area contributed by atoms with Crippen LogP contribution in [0.1, 0.15) is 5.56 Å². The molecule has 1 aromatic carbocycles. The fourth-order valence-corrected chi connectivity index (χ4v) is 1.41. The quantitative estimate of drug-likeness (QED) is 0.825. The molecule has 19 heavy (non-hydrogen) atoms. The summed E-state index contributed by atoms with van der Waals surface area (Å²) in [6.45, 7) is 0. The third-order valence-corrected chi connectivity index (χ3v) is 2.23. The van der Waals surface area contributed by atoms with Crippen LogP contribution in [0.3, 0.4) is 0 Å². The summed E-state index contributed by atoms with van der Waals surface area (Å²) in [4.78, 5) is 7.41. The van der Waals surface area contributed by atoms with Crippen molar-refractivity contribution in [1.82, 2.24) is 9.97 Å². The number of nitrogens with one attached hydrogen (secondary N) is 1. The molecule has 4 nitrogen and oxygen atoms in total. The molecule has 0 spiro atoms. The topological polar surface area (TPSA) is 63.8 Å². The predicted octanol–water partition coefficient (Wildman–Crippen LogP) is 2.96. The highest BCUT2D eigenvalue weighted by Gasteiger charge is 2.34. The molecule has 0 aliphatic carbocycles. The van der Waals surface area contributed by atoms with E-state index in [1.807, 2.05) is 0 Å². The molecule has 2 rings (SSSR count). The van der Waals surface area contributed by atoms with Crippen LogP contribution in [0.5, 0.6) is 0 Å². The summed E-state index contributed by atoms with van der Waals surface area (Å²) in [6, 6.07) is 3.91. The average molecular weight is 272 g/mol. The van der Waals surface area contributed by atoms with Crippen molar-refractivity contribution in [2.24, 2.45) is 0 Å². The van der Waals surface area contributed by atoms with Crippen LogP contribution in [0, 0.1) is 5.82 Å². The largest absolute Gasteiger partial charge is 0.419 e. The monoisotopic (exact) mass is 272 g/mol. The van der Waals surface area contributed by atoms with E-state index in [0.29, 0.717) is 6.07 Å². The van der Waals surface area contributed by atoms with E-state index >= 15 is 0 Å². The highest BCUT2D eigenvalue weighted by Crippen LogP contribution is 2.33. The maximum Gasteiger partial charge on any atom is 0.419 e. The van der Waals surface area contributed by atoms with E-state index in [1.165, 1.54) is 12.1 Å². The number of rotatable bonds is 2. The van der Waals surface area contributed by atoms with E-state index in [0.717, 1.165) is 12.4 Å². The van der Waals surface area contributed by atoms with E-state index in [1.54, 1.807) is 0 Å². The van der Waals surface area contributed by atoms with Gasteiger partial charge in [-0.1, -0.05) is 0 Å². The van der Waals surface area contributed by atoms with Crippen molar-refractivity contribution >= 4 is 17.3 Å². The Labute approximate surface area is 105 Å². The lowest BCUT2D eigenvalue weighted by Crippen LogP contribution is -2.08. The summed E-state index contributed by atoms with van der Waals surface area (Å²) < 4.78 is 50.6. The molecule has 100 valence electrons. The van der Waals surface area contributed by atoms with Crippen LogP contribution in [-0.2, 0) is 6.18 Å². The summed E-state index contributed by atoms with van der Waals surface area (Å²) in [5.41, 5.74) is 4.10. The lowest BCUT2D eigenvalue weighted by Gasteiger charge is -2.11. The highest BCUT2D eigenvalue weighted by molar-refractivity contribution is 5.59. The first-order valence-electron chi connectivity index (χ1n) is 5.07. The van der Waals surface area contributed by atoms with Crippen molar-refractivity contribution in [3.8, 4) is 0 Å². The molecule has 0 aliphatic rings. The zero-order valence-electron chi connectivity index (χ0n) is 9.37. The van der Waals surface area contributed by atoms with Crippen LogP contribution in [0.4, 0.5) is 34.9 Å². The van der Waals surface area contributed by atoms with Gasteiger partial charge in [0, 0.05) is 11.8 Å². The van der Waals surface area contributed by atoms with Crippen molar-refractivity contribution in [2.75, 3.05) is 11.1 Å². The van der Waals surface area contributed by atoms with Gasteiger partial charge in [0.2, 0.25) is 0 Å². The van der Waals surface area contributed by atoms with Gasteiger partial charge in [0.1, 0.15) is 23.8 Å². The molecule has 0 amide bonds. The Morgan fingerprint density at radius 1 is 1.11 bits per heavy atom. The molecule has 0 saturated carbocycles. The molecular formula is C11H8F4N4. The first kappa shape index (κ1) is 13.1. The standard InChI is InChI=1S/C11H8F4N4/c12-8-2-1-6(3-7(8)11(13,14)15)19-10-4-9(16)17-5-18-10/h1-5H,(H3,16,17,18,19). The molecule has 0 saturated heterocycles. The Morgan fingerprint density at radius 2 is 1.84 bits per heavy atom. The minimum Gasteiger partial charge on any atom is -0.384 e. The highest BCUT2D eigenvalue weighted by atomic mass is 19.4. The number of anilines is 3. The number of nitrogens with two attached hydrogens (primary N) is 1. The molecule has 0 aliphatic heterocycles. The molecule has 3 N–H and O–H groups in total. The number of hydrogen-bond donors (Lipinski definition) is 2. The maximum atomic E-state index is 13.1. The van der Waals surface area contributed by atoms with Crippen molar-refractivity contribution in [3.05, 3.63) is 42.0 Å². The van der Waals surface area contributed by atoms with Crippen molar-refractivity contribution in [3.63, 3.8) is 0 Å². The van der Waals surface area contributed by atoms with Crippen LogP contribution in [-0.4, -0.2) is 9.97 Å². The SMILES string of the molecule is Nc1cc(Nc2ccc(F)c(C(F)(F)F)c2)ncn1. The zero-order valence-corrected chi connectivity index (χ0v) is 9.37. The molecule has 0 atom stereocenters. The Hall–Kier alpha value is -2.38. The van der Waals surface area contributed by atoms with Crippen molar-refractivity contribution in [2.45, 2.75) is 6.18 Å². The molecule has 0 bridgehead atoms. The predicted molar refractivity (Wildman–Crippen MR) is 61.1 cm³/mol. The lowest BCUT2D eigenvalue weighted by molar-refractivity contribution is -0.139. The summed E-state index contributed by atoms with van der Waals surface area (Å²) in [5, 5.41) is 2.59. The van der Waals surface area contributed by atoms with Gasteiger partial charge in [-0.25, -0.2) is 14.4 Å². The van der Waals surface area contributed by atoms with Crippen molar-refractivity contribution in [1.29, 1.82) is 0 Å². The van der Waals surface area contributed by atoms with Crippen LogP contribution in [0.2, 0.25) is 0 Å². The van der Waals surface area contributed by atoms with Crippen LogP contribution in [0.25, 0.3) is 0 Å². The van der Waals surface area contributed by atoms with Crippen LogP contribution >= 0.6 is 0 Å². The molecular weight excluding hydrogens is 264 g/mol. The zero-order chi connectivity index (χ0) is 14.0. The number of aromatic nitrogens is 2. The summed E-state index contributed by atoms with van der Waals surface area (Å²) in [7, 11) is 0. The normalized spacial score (nSPS) is 11.4. The van der Waals surface area contributed by atoms with Gasteiger partial charge in [0.15, 0.2) is 0 Å². The first-order valence-corrected chi connectivity index (χ1v) is 5.07. The third-order valence-electron chi connectivity index (χ3n) is 2.23. The Kier molecular flexibility index (Phi) is 3.24. The molecule has 8 heteroatoms. The van der Waals surface area contributed by atoms with Gasteiger partial charge in [-0.05, 0) is 18.2 Å². The number of halogens is 4. The number of benzene rings is 1. The van der Waals surface area contributed by atoms with Gasteiger partial charge >= 0.3 is 6.18 Å². The summed E-state index contributed by atoms with van der Waals surface area (Å²) in [6.07, 6.45) is -3.60. The van der Waals surface area contributed by atoms with Gasteiger partial charge in [-0.3, -0.25) is 0 Å². The van der Waals surface area contributed by atoms with Gasteiger partial charge in [-0.2, -0.15) is 13.2 Å². The third kappa shape index (κ3) is 3.09. The molecule has 0 unspecified atom stereocenters. The fourth-order valence-electron chi connectivity index (χ4n) is 1.41. The second-order valence-electron chi connectivity index (χ2n) is 3.65. The number of nitrogen functional groups attached to an aromatic ring is 1. The van der Waals surface area contributed by atoms with Crippen LogP contribution in [0.15, 0.2) is 30.6 Å². The minimum absolute atomic E-state index is 0.0480. The van der Waals surface area contributed by atoms with Crippen LogP contribution < -0.4 is 11.1 Å². The van der Waals surface area contributed by atoms with Gasteiger partial charge in [0.25, 0.3) is 0 Å². The molecule has 1 aromatic heterocycles. The molecule has 2 aromatic rings. The minimum atomic E-state index is -4.76. The summed E-state index contributed by atoms with van der Waals surface area (Å²) in [5.74, 6) is -0.955. The van der Waals surface area contributed by atoms with Gasteiger partial charge < -0.3 is 11.1 Å². The average Bonchev–Trinajstić information content (AvgIpc) is 2.30. The molecule has 1 heterocycles. The number of nitrogens with zero attached hydrogens (tertiary/aromatic N) is 2.